The minimum Gasteiger partial charge on any atom is -0.340 e. The van der Waals surface area contributed by atoms with E-state index in [-0.39, 0.29) is 11.8 Å². The fourth-order valence-corrected chi connectivity index (χ4v) is 2.61. The monoisotopic (exact) mass is 239 g/mol. The van der Waals surface area contributed by atoms with Crippen molar-refractivity contribution in [2.24, 2.45) is 11.8 Å². The van der Waals surface area contributed by atoms with Gasteiger partial charge >= 0.3 is 0 Å². The van der Waals surface area contributed by atoms with Crippen LogP contribution in [-0.4, -0.2) is 35.9 Å². The Kier molecular flexibility index (Phi) is 3.56. The first-order valence-corrected chi connectivity index (χ1v) is 6.45. The van der Waals surface area contributed by atoms with Gasteiger partial charge in [-0.05, 0) is 12.5 Å². The first kappa shape index (κ1) is 11.5. The fraction of sp³-hybridized carbons (Fsp3) is 0.636. The van der Waals surface area contributed by atoms with Gasteiger partial charge in [-0.2, -0.15) is 0 Å². The number of amides is 1. The molecule has 0 aromatic carbocycles. The third kappa shape index (κ3) is 2.41. The summed E-state index contributed by atoms with van der Waals surface area (Å²) in [4.78, 5) is 18.1. The van der Waals surface area contributed by atoms with Crippen LogP contribution in [-0.2, 0) is 11.3 Å². The molecule has 5 heteroatoms. The van der Waals surface area contributed by atoms with Crippen LogP contribution in [0.4, 0.5) is 0 Å². The van der Waals surface area contributed by atoms with Gasteiger partial charge in [0.25, 0.3) is 0 Å². The molecule has 4 nitrogen and oxygen atoms in total. The molecule has 0 bridgehead atoms. The summed E-state index contributed by atoms with van der Waals surface area (Å²) >= 11 is 1.56. The first-order chi connectivity index (χ1) is 7.68. The summed E-state index contributed by atoms with van der Waals surface area (Å²) in [5.41, 5.74) is 2.77. The highest BCUT2D eigenvalue weighted by molar-refractivity contribution is 7.07. The lowest BCUT2D eigenvalue weighted by molar-refractivity contribution is -0.135. The molecule has 1 saturated heterocycles. The van der Waals surface area contributed by atoms with Crippen molar-refractivity contribution in [1.29, 1.82) is 0 Å². The van der Waals surface area contributed by atoms with E-state index in [1.807, 2.05) is 12.4 Å². The molecule has 1 fully saturated rings. The number of carbonyl (C=O) groups excluding carboxylic acids is 1. The Labute approximate surface area is 99.7 Å². The normalized spacial score (nSPS) is 24.6. The van der Waals surface area contributed by atoms with E-state index < -0.39 is 0 Å². The zero-order valence-corrected chi connectivity index (χ0v) is 10.5. The van der Waals surface area contributed by atoms with E-state index in [0.29, 0.717) is 12.5 Å². The van der Waals surface area contributed by atoms with E-state index in [9.17, 15) is 4.79 Å². The third-order valence-corrected chi connectivity index (χ3v) is 3.73. The van der Waals surface area contributed by atoms with Gasteiger partial charge in [-0.15, -0.1) is 11.3 Å². The number of nitrogens with one attached hydrogen (secondary N) is 1. The number of hydrogen-bond donors (Lipinski definition) is 1. The fourth-order valence-electron chi connectivity index (χ4n) is 2.06. The molecule has 2 rings (SSSR count). The molecule has 0 radical (unpaired) electrons. The molecule has 2 heterocycles. The van der Waals surface area contributed by atoms with E-state index in [0.717, 1.165) is 18.8 Å². The molecule has 1 aliphatic heterocycles. The summed E-state index contributed by atoms with van der Waals surface area (Å²) in [6.07, 6.45) is 0. The maximum absolute atomic E-state index is 12.1. The predicted octanol–water partition coefficient (Wildman–Crippen LogP) is 0.957. The quantitative estimate of drug-likeness (QED) is 0.854. The Hall–Kier alpha value is -0.940. The lowest BCUT2D eigenvalue weighted by atomic mass is 9.97. The van der Waals surface area contributed by atoms with Gasteiger partial charge in [0.1, 0.15) is 0 Å². The molecular weight excluding hydrogens is 222 g/mol. The summed E-state index contributed by atoms with van der Waals surface area (Å²) in [5, 5.41) is 5.24. The highest BCUT2D eigenvalue weighted by atomic mass is 32.1. The molecule has 0 saturated carbocycles. The largest absolute Gasteiger partial charge is 0.340 e. The van der Waals surface area contributed by atoms with Crippen molar-refractivity contribution in [3.8, 4) is 0 Å². The molecule has 0 unspecified atom stereocenters. The van der Waals surface area contributed by atoms with Crippen LogP contribution >= 0.6 is 11.3 Å². The van der Waals surface area contributed by atoms with Gasteiger partial charge in [-0.25, -0.2) is 4.98 Å². The zero-order chi connectivity index (χ0) is 11.5. The van der Waals surface area contributed by atoms with Crippen LogP contribution in [0.5, 0.6) is 0 Å². The molecule has 16 heavy (non-hydrogen) atoms. The van der Waals surface area contributed by atoms with Gasteiger partial charge in [-0.3, -0.25) is 4.79 Å². The molecule has 2 atom stereocenters. The van der Waals surface area contributed by atoms with Crippen molar-refractivity contribution in [2.75, 3.05) is 20.1 Å². The number of nitrogens with zero attached hydrogens (tertiary/aromatic N) is 2. The van der Waals surface area contributed by atoms with Gasteiger partial charge in [0.2, 0.25) is 5.91 Å². The highest BCUT2D eigenvalue weighted by Crippen LogP contribution is 2.19. The number of thiazole rings is 1. The maximum atomic E-state index is 12.1. The maximum Gasteiger partial charge on any atom is 0.227 e. The van der Waals surface area contributed by atoms with Crippen molar-refractivity contribution >= 4 is 17.2 Å². The van der Waals surface area contributed by atoms with Crippen molar-refractivity contribution in [2.45, 2.75) is 13.5 Å². The molecule has 0 spiro atoms. The molecule has 1 aliphatic rings. The Balaban J connectivity index is 1.94. The third-order valence-electron chi connectivity index (χ3n) is 3.09. The van der Waals surface area contributed by atoms with Gasteiger partial charge in [0.05, 0.1) is 23.7 Å². The van der Waals surface area contributed by atoms with Crippen LogP contribution in [0.3, 0.4) is 0 Å². The number of rotatable bonds is 3. The van der Waals surface area contributed by atoms with Crippen molar-refractivity contribution in [1.82, 2.24) is 15.2 Å². The number of carbonyl (C=O) groups is 1. The average Bonchev–Trinajstić information content (AvgIpc) is 2.88. The zero-order valence-electron chi connectivity index (χ0n) is 9.64. The van der Waals surface area contributed by atoms with Gasteiger partial charge in [0.15, 0.2) is 0 Å². The second-order valence-corrected chi connectivity index (χ2v) is 5.13. The van der Waals surface area contributed by atoms with Crippen molar-refractivity contribution < 1.29 is 4.79 Å². The van der Waals surface area contributed by atoms with Crippen LogP contribution in [0.25, 0.3) is 0 Å². The van der Waals surface area contributed by atoms with Gasteiger partial charge < -0.3 is 10.2 Å². The molecule has 1 aromatic rings. The minimum absolute atomic E-state index is 0.128. The SMILES string of the molecule is C[C@@H]1CNC[C@H]1C(=O)N(C)Cc1cscn1. The van der Waals surface area contributed by atoms with Crippen LogP contribution in [0, 0.1) is 11.8 Å². The van der Waals surface area contributed by atoms with Crippen molar-refractivity contribution in [3.63, 3.8) is 0 Å². The predicted molar refractivity (Wildman–Crippen MR) is 64.1 cm³/mol. The van der Waals surface area contributed by atoms with Crippen molar-refractivity contribution in [3.05, 3.63) is 16.6 Å². The standard InChI is InChI=1S/C11H17N3OS/c1-8-3-12-4-10(8)11(15)14(2)5-9-6-16-7-13-9/h6-8,10,12H,3-5H2,1-2H3/t8-,10-/m1/s1. The van der Waals surface area contributed by atoms with Gasteiger partial charge in [0, 0.05) is 19.0 Å². The average molecular weight is 239 g/mol. The van der Waals surface area contributed by atoms with Crippen LogP contribution in [0.2, 0.25) is 0 Å². The number of aromatic nitrogens is 1. The Morgan fingerprint density at radius 2 is 2.50 bits per heavy atom. The van der Waals surface area contributed by atoms with E-state index in [1.165, 1.54) is 0 Å². The van der Waals surface area contributed by atoms with Crippen LogP contribution in [0.15, 0.2) is 10.9 Å². The van der Waals surface area contributed by atoms with Crippen LogP contribution in [0.1, 0.15) is 12.6 Å². The molecule has 1 aromatic heterocycles. The van der Waals surface area contributed by atoms with E-state index in [1.54, 1.807) is 21.7 Å². The first-order valence-electron chi connectivity index (χ1n) is 5.51. The Morgan fingerprint density at radius 3 is 3.06 bits per heavy atom. The number of hydrogen-bond acceptors (Lipinski definition) is 4. The molecular formula is C11H17N3OS. The minimum atomic E-state index is 0.128. The smallest absolute Gasteiger partial charge is 0.227 e. The molecule has 0 aliphatic carbocycles. The summed E-state index contributed by atoms with van der Waals surface area (Å²) < 4.78 is 0. The van der Waals surface area contributed by atoms with E-state index in [4.69, 9.17) is 0 Å². The molecule has 1 N–H and O–H groups in total. The van der Waals surface area contributed by atoms with Gasteiger partial charge in [-0.1, -0.05) is 6.92 Å². The van der Waals surface area contributed by atoms with Crippen LogP contribution < -0.4 is 5.32 Å². The Morgan fingerprint density at radius 1 is 1.69 bits per heavy atom. The topological polar surface area (TPSA) is 45.2 Å². The highest BCUT2D eigenvalue weighted by Gasteiger charge is 2.31. The summed E-state index contributed by atoms with van der Waals surface area (Å²) in [6, 6.07) is 0. The van der Waals surface area contributed by atoms with E-state index >= 15 is 0 Å². The van der Waals surface area contributed by atoms with E-state index in [2.05, 4.69) is 17.2 Å². The molecule has 88 valence electrons. The second-order valence-electron chi connectivity index (χ2n) is 4.42. The summed E-state index contributed by atoms with van der Waals surface area (Å²) in [5.74, 6) is 0.791. The molecule has 1 amide bonds. The summed E-state index contributed by atoms with van der Waals surface area (Å²) in [6.45, 7) is 4.49. The lowest BCUT2D eigenvalue weighted by Crippen LogP contribution is -2.35. The Bertz CT molecular complexity index is 352. The lowest BCUT2D eigenvalue weighted by Gasteiger charge is -2.22. The summed E-state index contributed by atoms with van der Waals surface area (Å²) in [7, 11) is 1.85. The second kappa shape index (κ2) is 4.93.